The first-order chi connectivity index (χ1) is 9.84. The van der Waals surface area contributed by atoms with Crippen LogP contribution in [0.1, 0.15) is 12.8 Å². The highest BCUT2D eigenvalue weighted by molar-refractivity contribution is 5.78. The fourth-order valence-electron chi connectivity index (χ4n) is 2.08. The number of carbonyl (C=O) groups excluding carboxylic acids is 1. The highest BCUT2D eigenvalue weighted by atomic mass is 16.5. The van der Waals surface area contributed by atoms with Crippen LogP contribution in [-0.4, -0.2) is 44.9 Å². The molecule has 1 aromatic rings. The minimum atomic E-state index is 0.0385. The first kappa shape index (κ1) is 14.8. The summed E-state index contributed by atoms with van der Waals surface area (Å²) >= 11 is 0. The maximum absolute atomic E-state index is 11.7. The van der Waals surface area contributed by atoms with E-state index in [-0.39, 0.29) is 11.9 Å². The van der Waals surface area contributed by atoms with Crippen LogP contribution in [0.25, 0.3) is 0 Å². The summed E-state index contributed by atoms with van der Waals surface area (Å²) in [5.74, 6) is 0.887. The van der Waals surface area contributed by atoms with E-state index < -0.39 is 0 Å². The summed E-state index contributed by atoms with van der Waals surface area (Å²) in [5, 5.41) is 6.08. The summed E-state index contributed by atoms with van der Waals surface area (Å²) < 4.78 is 10.8. The van der Waals surface area contributed by atoms with Crippen molar-refractivity contribution in [3.63, 3.8) is 0 Å². The molecule has 1 amide bonds. The van der Waals surface area contributed by atoms with Gasteiger partial charge in [-0.1, -0.05) is 18.2 Å². The van der Waals surface area contributed by atoms with Crippen molar-refractivity contribution >= 4 is 5.91 Å². The molecular weight excluding hydrogens is 256 g/mol. The van der Waals surface area contributed by atoms with Gasteiger partial charge in [-0.05, 0) is 25.0 Å². The van der Waals surface area contributed by atoms with E-state index >= 15 is 0 Å². The van der Waals surface area contributed by atoms with E-state index in [2.05, 4.69) is 10.6 Å². The third-order valence-corrected chi connectivity index (χ3v) is 3.16. The molecule has 0 bridgehead atoms. The minimum Gasteiger partial charge on any atom is -0.492 e. The van der Waals surface area contributed by atoms with Gasteiger partial charge in [0.25, 0.3) is 0 Å². The number of rotatable bonds is 7. The van der Waals surface area contributed by atoms with E-state index in [0.717, 1.165) is 31.8 Å². The zero-order chi connectivity index (χ0) is 14.0. The fraction of sp³-hybridized carbons (Fsp3) is 0.533. The van der Waals surface area contributed by atoms with Crippen LogP contribution in [0.15, 0.2) is 30.3 Å². The maximum Gasteiger partial charge on any atom is 0.234 e. The molecule has 0 unspecified atom stereocenters. The van der Waals surface area contributed by atoms with E-state index in [1.54, 1.807) is 0 Å². The van der Waals surface area contributed by atoms with Crippen LogP contribution >= 0.6 is 0 Å². The summed E-state index contributed by atoms with van der Waals surface area (Å²) in [6.45, 7) is 3.01. The SMILES string of the molecule is O=C(CNCCOc1ccccc1)NC1CCOCC1. The molecule has 0 spiro atoms. The quantitative estimate of drug-likeness (QED) is 0.729. The minimum absolute atomic E-state index is 0.0385. The van der Waals surface area contributed by atoms with Crippen LogP contribution in [0, 0.1) is 0 Å². The van der Waals surface area contributed by atoms with Crippen LogP contribution in [0.4, 0.5) is 0 Å². The Morgan fingerprint density at radius 3 is 2.75 bits per heavy atom. The molecule has 1 saturated heterocycles. The van der Waals surface area contributed by atoms with Gasteiger partial charge in [0.05, 0.1) is 6.54 Å². The van der Waals surface area contributed by atoms with Crippen molar-refractivity contribution < 1.29 is 14.3 Å². The average Bonchev–Trinajstić information content (AvgIpc) is 2.49. The van der Waals surface area contributed by atoms with Crippen molar-refractivity contribution in [2.45, 2.75) is 18.9 Å². The van der Waals surface area contributed by atoms with Gasteiger partial charge in [0.15, 0.2) is 0 Å². The Hall–Kier alpha value is -1.59. The smallest absolute Gasteiger partial charge is 0.234 e. The molecule has 0 aromatic heterocycles. The molecule has 1 heterocycles. The average molecular weight is 278 g/mol. The van der Waals surface area contributed by atoms with Crippen molar-refractivity contribution in [3.8, 4) is 5.75 Å². The van der Waals surface area contributed by atoms with E-state index in [9.17, 15) is 4.79 Å². The molecule has 2 rings (SSSR count). The third-order valence-electron chi connectivity index (χ3n) is 3.16. The van der Waals surface area contributed by atoms with Crippen LogP contribution in [0.2, 0.25) is 0 Å². The molecule has 2 N–H and O–H groups in total. The summed E-state index contributed by atoms with van der Waals surface area (Å²) in [6.07, 6.45) is 1.81. The van der Waals surface area contributed by atoms with Gasteiger partial charge in [-0.15, -0.1) is 0 Å². The summed E-state index contributed by atoms with van der Waals surface area (Å²) in [5.41, 5.74) is 0. The number of carbonyl (C=O) groups is 1. The van der Waals surface area contributed by atoms with Gasteiger partial charge >= 0.3 is 0 Å². The zero-order valence-corrected chi connectivity index (χ0v) is 11.6. The third kappa shape index (κ3) is 5.59. The topological polar surface area (TPSA) is 59.6 Å². The van der Waals surface area contributed by atoms with E-state index in [1.807, 2.05) is 30.3 Å². The molecule has 5 heteroatoms. The fourth-order valence-corrected chi connectivity index (χ4v) is 2.08. The number of ether oxygens (including phenoxy) is 2. The number of nitrogens with one attached hydrogen (secondary N) is 2. The van der Waals surface area contributed by atoms with Crippen LogP contribution < -0.4 is 15.4 Å². The lowest BCUT2D eigenvalue weighted by Crippen LogP contribution is -2.43. The highest BCUT2D eigenvalue weighted by Crippen LogP contribution is 2.07. The number of hydrogen-bond donors (Lipinski definition) is 2. The molecule has 1 aromatic carbocycles. The second-order valence-electron chi connectivity index (χ2n) is 4.79. The molecule has 0 saturated carbocycles. The Bertz CT molecular complexity index is 391. The molecule has 1 aliphatic heterocycles. The maximum atomic E-state index is 11.7. The molecule has 0 radical (unpaired) electrons. The lowest BCUT2D eigenvalue weighted by molar-refractivity contribution is -0.121. The predicted molar refractivity (Wildman–Crippen MR) is 76.8 cm³/mol. The largest absolute Gasteiger partial charge is 0.492 e. The van der Waals surface area contributed by atoms with Crippen LogP contribution in [0.3, 0.4) is 0 Å². The van der Waals surface area contributed by atoms with Crippen LogP contribution in [-0.2, 0) is 9.53 Å². The first-order valence-electron chi connectivity index (χ1n) is 7.10. The van der Waals surface area contributed by atoms with Gasteiger partial charge in [-0.2, -0.15) is 0 Å². The lowest BCUT2D eigenvalue weighted by Gasteiger charge is -2.23. The number of para-hydroxylation sites is 1. The summed E-state index contributed by atoms with van der Waals surface area (Å²) in [4.78, 5) is 11.7. The summed E-state index contributed by atoms with van der Waals surface area (Å²) in [7, 11) is 0. The van der Waals surface area contributed by atoms with Crippen LogP contribution in [0.5, 0.6) is 5.75 Å². The van der Waals surface area contributed by atoms with Crippen molar-refractivity contribution in [3.05, 3.63) is 30.3 Å². The van der Waals surface area contributed by atoms with Gasteiger partial charge in [-0.3, -0.25) is 4.79 Å². The molecule has 20 heavy (non-hydrogen) atoms. The number of benzene rings is 1. The summed E-state index contributed by atoms with van der Waals surface area (Å²) in [6, 6.07) is 9.91. The van der Waals surface area contributed by atoms with Gasteiger partial charge in [-0.25, -0.2) is 0 Å². The van der Waals surface area contributed by atoms with E-state index in [0.29, 0.717) is 19.7 Å². The molecule has 0 aliphatic carbocycles. The zero-order valence-electron chi connectivity index (χ0n) is 11.6. The standard InChI is InChI=1S/C15H22N2O3/c18-15(17-13-6-9-19-10-7-13)12-16-8-11-20-14-4-2-1-3-5-14/h1-5,13,16H,6-12H2,(H,17,18). The van der Waals surface area contributed by atoms with E-state index in [4.69, 9.17) is 9.47 Å². The lowest BCUT2D eigenvalue weighted by atomic mass is 10.1. The monoisotopic (exact) mass is 278 g/mol. The van der Waals surface area contributed by atoms with Crippen molar-refractivity contribution in [2.24, 2.45) is 0 Å². The molecule has 110 valence electrons. The normalized spacial score (nSPS) is 15.8. The molecule has 1 aliphatic rings. The van der Waals surface area contributed by atoms with Gasteiger partial charge in [0.2, 0.25) is 5.91 Å². The van der Waals surface area contributed by atoms with Crippen molar-refractivity contribution in [1.82, 2.24) is 10.6 Å². The van der Waals surface area contributed by atoms with E-state index in [1.165, 1.54) is 0 Å². The Kier molecular flexibility index (Phi) is 6.34. The van der Waals surface area contributed by atoms with Gasteiger partial charge < -0.3 is 20.1 Å². The second-order valence-corrected chi connectivity index (χ2v) is 4.79. The number of hydrogen-bond acceptors (Lipinski definition) is 4. The highest BCUT2D eigenvalue weighted by Gasteiger charge is 2.15. The Labute approximate surface area is 119 Å². The Balaban J connectivity index is 1.51. The predicted octanol–water partition coefficient (Wildman–Crippen LogP) is 0.950. The molecule has 0 atom stereocenters. The molecule has 5 nitrogen and oxygen atoms in total. The second kappa shape index (κ2) is 8.55. The first-order valence-corrected chi connectivity index (χ1v) is 7.10. The number of amides is 1. The Morgan fingerprint density at radius 1 is 1.25 bits per heavy atom. The van der Waals surface area contributed by atoms with Crippen molar-refractivity contribution in [2.75, 3.05) is 32.9 Å². The molecular formula is C15H22N2O3. The van der Waals surface area contributed by atoms with Crippen molar-refractivity contribution in [1.29, 1.82) is 0 Å². The van der Waals surface area contributed by atoms with Gasteiger partial charge in [0.1, 0.15) is 12.4 Å². The Morgan fingerprint density at radius 2 is 2.00 bits per heavy atom. The molecule has 1 fully saturated rings. The van der Waals surface area contributed by atoms with Gasteiger partial charge in [0, 0.05) is 25.8 Å².